The molecule has 0 unspecified atom stereocenters. The molecule has 1 amide bonds. The highest BCUT2D eigenvalue weighted by Crippen LogP contribution is 2.30. The molecule has 0 radical (unpaired) electrons. The van der Waals surface area contributed by atoms with E-state index in [1.807, 2.05) is 20.0 Å². The molecule has 0 spiro atoms. The maximum atomic E-state index is 12.5. The Balaban J connectivity index is 1.63. The Kier molecular flexibility index (Phi) is 3.85. The van der Waals surface area contributed by atoms with Crippen LogP contribution in [-0.2, 0) is 11.2 Å². The molecule has 3 rings (SSSR count). The first kappa shape index (κ1) is 14.3. The number of nitrogens with zero attached hydrogens (tertiary/aromatic N) is 1. The van der Waals surface area contributed by atoms with E-state index in [0.717, 1.165) is 13.0 Å². The fraction of sp³-hybridized carbons (Fsp3) is 0.500. The van der Waals surface area contributed by atoms with E-state index in [4.69, 9.17) is 0 Å². The summed E-state index contributed by atoms with van der Waals surface area (Å²) in [6.07, 6.45) is 7.70. The Bertz CT molecular complexity index is 535. The summed E-state index contributed by atoms with van der Waals surface area (Å²) < 4.78 is 0. The monoisotopic (exact) mass is 284 g/mol. The number of hydrogen-bond acceptors (Lipinski definition) is 2. The van der Waals surface area contributed by atoms with Crippen molar-refractivity contribution in [3.8, 4) is 0 Å². The van der Waals surface area contributed by atoms with E-state index in [-0.39, 0.29) is 11.9 Å². The lowest BCUT2D eigenvalue weighted by molar-refractivity contribution is -0.129. The van der Waals surface area contributed by atoms with Crippen LogP contribution in [0.5, 0.6) is 0 Å². The highest BCUT2D eigenvalue weighted by atomic mass is 16.2. The van der Waals surface area contributed by atoms with Gasteiger partial charge in [-0.3, -0.25) is 9.69 Å². The largest absolute Gasteiger partial charge is 0.354 e. The Morgan fingerprint density at radius 1 is 1.33 bits per heavy atom. The standard InChI is InChI=1S/C18H24N2O/c1-18(17(21)19-13-15-8-9-15)11-10-16(20(18)2)12-14-6-4-3-5-7-14/h3-7,10-11,15-16H,8-9,12-13H2,1-2H3,(H,19,21)/t16-,18+/m0/s1. The van der Waals surface area contributed by atoms with Gasteiger partial charge in [-0.2, -0.15) is 0 Å². The lowest BCUT2D eigenvalue weighted by atomic mass is 10.0. The van der Waals surface area contributed by atoms with Gasteiger partial charge in [-0.25, -0.2) is 0 Å². The predicted molar refractivity (Wildman–Crippen MR) is 85.0 cm³/mol. The summed E-state index contributed by atoms with van der Waals surface area (Å²) in [6, 6.07) is 10.7. The third-order valence-electron chi connectivity index (χ3n) is 4.87. The lowest BCUT2D eigenvalue weighted by Gasteiger charge is -2.34. The minimum Gasteiger partial charge on any atom is -0.354 e. The average Bonchev–Trinajstić information content (AvgIpc) is 3.28. The summed E-state index contributed by atoms with van der Waals surface area (Å²) in [4.78, 5) is 14.7. The molecule has 0 saturated heterocycles. The molecule has 2 aliphatic rings. The van der Waals surface area contributed by atoms with Gasteiger partial charge in [-0.1, -0.05) is 42.5 Å². The quantitative estimate of drug-likeness (QED) is 0.842. The number of rotatable bonds is 5. The minimum atomic E-state index is -0.520. The van der Waals surface area contributed by atoms with Gasteiger partial charge in [0.05, 0.1) is 0 Å². The lowest BCUT2D eigenvalue weighted by Crippen LogP contribution is -2.54. The van der Waals surface area contributed by atoms with Crippen LogP contribution in [0.2, 0.25) is 0 Å². The van der Waals surface area contributed by atoms with E-state index in [9.17, 15) is 4.79 Å². The number of hydrogen-bond donors (Lipinski definition) is 1. The fourth-order valence-electron chi connectivity index (χ4n) is 2.92. The summed E-state index contributed by atoms with van der Waals surface area (Å²) in [5.41, 5.74) is 0.788. The van der Waals surface area contributed by atoms with Crippen LogP contribution in [0, 0.1) is 5.92 Å². The van der Waals surface area contributed by atoms with E-state index in [2.05, 4.69) is 46.6 Å². The van der Waals surface area contributed by atoms with Gasteiger partial charge in [0.2, 0.25) is 5.91 Å². The second-order valence-corrected chi connectivity index (χ2v) is 6.53. The smallest absolute Gasteiger partial charge is 0.244 e. The minimum absolute atomic E-state index is 0.128. The molecule has 1 aliphatic heterocycles. The van der Waals surface area contributed by atoms with Gasteiger partial charge in [-0.05, 0) is 44.7 Å². The van der Waals surface area contributed by atoms with Crippen molar-refractivity contribution in [3.05, 3.63) is 48.0 Å². The first-order valence-electron chi connectivity index (χ1n) is 7.84. The maximum absolute atomic E-state index is 12.5. The van der Waals surface area contributed by atoms with Crippen molar-refractivity contribution in [1.82, 2.24) is 10.2 Å². The fourth-order valence-corrected chi connectivity index (χ4v) is 2.92. The molecule has 1 aromatic carbocycles. The maximum Gasteiger partial charge on any atom is 0.244 e. The summed E-state index contributed by atoms with van der Waals surface area (Å²) in [6.45, 7) is 2.84. The van der Waals surface area contributed by atoms with E-state index < -0.39 is 5.54 Å². The Morgan fingerprint density at radius 3 is 2.71 bits per heavy atom. The van der Waals surface area contributed by atoms with Gasteiger partial charge in [0.1, 0.15) is 5.54 Å². The number of likely N-dealkylation sites (N-methyl/N-ethyl adjacent to an activating group) is 1. The normalized spacial score (nSPS) is 28.8. The highest BCUT2D eigenvalue weighted by Gasteiger charge is 2.42. The topological polar surface area (TPSA) is 32.3 Å². The molecule has 0 bridgehead atoms. The first-order valence-corrected chi connectivity index (χ1v) is 7.84. The van der Waals surface area contributed by atoms with E-state index in [1.165, 1.54) is 18.4 Å². The molecule has 21 heavy (non-hydrogen) atoms. The van der Waals surface area contributed by atoms with Crippen LogP contribution in [0.25, 0.3) is 0 Å². The van der Waals surface area contributed by atoms with Crippen molar-refractivity contribution in [1.29, 1.82) is 0 Å². The second-order valence-electron chi connectivity index (χ2n) is 6.53. The molecular weight excluding hydrogens is 260 g/mol. The first-order chi connectivity index (χ1) is 10.1. The van der Waals surface area contributed by atoms with Crippen molar-refractivity contribution < 1.29 is 4.79 Å². The van der Waals surface area contributed by atoms with Crippen molar-refractivity contribution in [2.75, 3.05) is 13.6 Å². The van der Waals surface area contributed by atoms with Gasteiger partial charge >= 0.3 is 0 Å². The summed E-state index contributed by atoms with van der Waals surface area (Å²) >= 11 is 0. The van der Waals surface area contributed by atoms with Crippen LogP contribution in [-0.4, -0.2) is 36.0 Å². The van der Waals surface area contributed by atoms with Gasteiger partial charge < -0.3 is 5.32 Å². The number of nitrogens with one attached hydrogen (secondary N) is 1. The third-order valence-corrected chi connectivity index (χ3v) is 4.87. The van der Waals surface area contributed by atoms with E-state index in [0.29, 0.717) is 5.92 Å². The van der Waals surface area contributed by atoms with Crippen LogP contribution in [0.15, 0.2) is 42.5 Å². The van der Waals surface area contributed by atoms with Crippen molar-refractivity contribution >= 4 is 5.91 Å². The zero-order chi connectivity index (χ0) is 14.9. The molecule has 1 saturated carbocycles. The molecule has 3 heteroatoms. The molecule has 1 heterocycles. The number of carbonyl (C=O) groups excluding carboxylic acids is 1. The molecule has 2 atom stereocenters. The zero-order valence-electron chi connectivity index (χ0n) is 12.9. The molecule has 3 nitrogen and oxygen atoms in total. The molecule has 1 fully saturated rings. The van der Waals surface area contributed by atoms with Gasteiger partial charge in [0, 0.05) is 12.6 Å². The Morgan fingerprint density at radius 2 is 2.05 bits per heavy atom. The van der Waals surface area contributed by atoms with Gasteiger partial charge in [0.15, 0.2) is 0 Å². The predicted octanol–water partition coefficient (Wildman–Crippen LogP) is 2.38. The van der Waals surface area contributed by atoms with Crippen LogP contribution < -0.4 is 5.32 Å². The van der Waals surface area contributed by atoms with E-state index in [1.54, 1.807) is 0 Å². The van der Waals surface area contributed by atoms with Crippen molar-refractivity contribution in [2.24, 2.45) is 5.92 Å². The highest BCUT2D eigenvalue weighted by molar-refractivity contribution is 5.88. The molecular formula is C18H24N2O. The summed E-state index contributed by atoms with van der Waals surface area (Å²) in [5, 5.41) is 3.11. The van der Waals surface area contributed by atoms with Crippen LogP contribution in [0.4, 0.5) is 0 Å². The third kappa shape index (κ3) is 3.03. The van der Waals surface area contributed by atoms with Crippen LogP contribution in [0.1, 0.15) is 25.3 Å². The Labute approximate surface area is 127 Å². The molecule has 1 aliphatic carbocycles. The van der Waals surface area contributed by atoms with Gasteiger partial charge in [0.25, 0.3) is 0 Å². The molecule has 1 aromatic rings. The van der Waals surface area contributed by atoms with Crippen molar-refractivity contribution in [2.45, 2.75) is 37.8 Å². The number of amides is 1. The molecule has 0 aromatic heterocycles. The SMILES string of the molecule is CN1[C@H](Cc2ccccc2)C=C[C@]1(C)C(=O)NCC1CC1. The zero-order valence-corrected chi connectivity index (χ0v) is 12.9. The number of benzene rings is 1. The number of carbonyl (C=O) groups is 1. The molecule has 1 N–H and O–H groups in total. The van der Waals surface area contributed by atoms with Crippen LogP contribution >= 0.6 is 0 Å². The summed E-state index contributed by atoms with van der Waals surface area (Å²) in [5.74, 6) is 0.845. The second kappa shape index (κ2) is 5.64. The summed E-state index contributed by atoms with van der Waals surface area (Å²) in [7, 11) is 2.05. The Hall–Kier alpha value is -1.61. The average molecular weight is 284 g/mol. The van der Waals surface area contributed by atoms with Gasteiger partial charge in [-0.15, -0.1) is 0 Å². The van der Waals surface area contributed by atoms with Crippen molar-refractivity contribution in [3.63, 3.8) is 0 Å². The molecule has 112 valence electrons. The van der Waals surface area contributed by atoms with Crippen LogP contribution in [0.3, 0.4) is 0 Å². The van der Waals surface area contributed by atoms with E-state index >= 15 is 0 Å².